The van der Waals surface area contributed by atoms with Crippen LogP contribution in [-0.4, -0.2) is 56.2 Å². The van der Waals surface area contributed by atoms with Crippen molar-refractivity contribution in [2.75, 3.05) is 30.3 Å². The van der Waals surface area contributed by atoms with Crippen molar-refractivity contribution in [1.29, 1.82) is 0 Å². The first-order chi connectivity index (χ1) is 14.8. The standard InChI is InChI=1S/C22H25ClN2O4S2/c1-15-13-24(14-16(2)29-15)31(27,28)21-12-17(8-9-18(21)23)22(26)25-10-5-11-30-20-7-4-3-6-19(20)25/h3-4,6-9,12,15-16H,5,10-11,13-14H2,1-2H3/t15-,16-/m0/s1. The number of halogens is 1. The highest BCUT2D eigenvalue weighted by molar-refractivity contribution is 7.99. The van der Waals surface area contributed by atoms with Crippen LogP contribution in [0.1, 0.15) is 30.6 Å². The van der Waals surface area contributed by atoms with Crippen molar-refractivity contribution in [2.24, 2.45) is 0 Å². The van der Waals surface area contributed by atoms with E-state index in [1.807, 2.05) is 38.1 Å². The molecule has 0 bridgehead atoms. The van der Waals surface area contributed by atoms with E-state index in [2.05, 4.69) is 0 Å². The van der Waals surface area contributed by atoms with Gasteiger partial charge in [0, 0.05) is 30.1 Å². The van der Waals surface area contributed by atoms with E-state index in [0.717, 1.165) is 22.8 Å². The monoisotopic (exact) mass is 480 g/mol. The van der Waals surface area contributed by atoms with Gasteiger partial charge in [0.1, 0.15) is 4.90 Å². The van der Waals surface area contributed by atoms with E-state index in [0.29, 0.717) is 12.1 Å². The molecule has 9 heteroatoms. The molecule has 166 valence electrons. The first kappa shape index (κ1) is 22.6. The topological polar surface area (TPSA) is 66.9 Å². The summed E-state index contributed by atoms with van der Waals surface area (Å²) >= 11 is 8.03. The Labute approximate surface area is 192 Å². The molecule has 2 aliphatic heterocycles. The van der Waals surface area contributed by atoms with Gasteiger partial charge in [0.2, 0.25) is 10.0 Å². The number of benzene rings is 2. The molecule has 1 fully saturated rings. The first-order valence-corrected chi connectivity index (χ1v) is 13.1. The Morgan fingerprint density at radius 1 is 1.13 bits per heavy atom. The molecule has 6 nitrogen and oxygen atoms in total. The van der Waals surface area contributed by atoms with Crippen LogP contribution in [-0.2, 0) is 14.8 Å². The quantitative estimate of drug-likeness (QED) is 0.656. The highest BCUT2D eigenvalue weighted by Gasteiger charge is 2.34. The average molecular weight is 481 g/mol. The number of thioether (sulfide) groups is 1. The Bertz CT molecular complexity index is 1080. The second kappa shape index (κ2) is 9.11. The summed E-state index contributed by atoms with van der Waals surface area (Å²) in [5.41, 5.74) is 1.16. The molecule has 31 heavy (non-hydrogen) atoms. The minimum atomic E-state index is -3.87. The zero-order valence-corrected chi connectivity index (χ0v) is 19.8. The number of sulfonamides is 1. The van der Waals surface area contributed by atoms with Crippen LogP contribution in [0, 0.1) is 0 Å². The van der Waals surface area contributed by atoms with Gasteiger partial charge in [0.15, 0.2) is 0 Å². The van der Waals surface area contributed by atoms with Crippen LogP contribution >= 0.6 is 23.4 Å². The van der Waals surface area contributed by atoms with Gasteiger partial charge in [-0.05, 0) is 56.4 Å². The zero-order chi connectivity index (χ0) is 22.2. The fraction of sp³-hybridized carbons (Fsp3) is 0.409. The van der Waals surface area contributed by atoms with Crippen LogP contribution in [0.2, 0.25) is 5.02 Å². The van der Waals surface area contributed by atoms with Crippen molar-refractivity contribution >= 4 is 45.0 Å². The number of carbonyl (C=O) groups is 1. The normalized spacial score (nSPS) is 22.6. The SMILES string of the molecule is C[C@H]1CN(S(=O)(=O)c2cc(C(=O)N3CCCSc4ccccc43)ccc2Cl)C[C@H](C)O1. The van der Waals surface area contributed by atoms with Gasteiger partial charge in [0.25, 0.3) is 5.91 Å². The molecule has 0 spiro atoms. The third kappa shape index (κ3) is 4.64. The van der Waals surface area contributed by atoms with E-state index < -0.39 is 10.0 Å². The van der Waals surface area contributed by atoms with E-state index in [1.165, 1.54) is 16.4 Å². The molecule has 0 aliphatic carbocycles. The molecular formula is C22H25ClN2O4S2. The van der Waals surface area contributed by atoms with Gasteiger partial charge in [-0.15, -0.1) is 11.8 Å². The van der Waals surface area contributed by atoms with Crippen molar-refractivity contribution in [3.8, 4) is 0 Å². The molecular weight excluding hydrogens is 456 g/mol. The minimum absolute atomic E-state index is 0.0428. The molecule has 2 aromatic carbocycles. The number of nitrogens with zero attached hydrogens (tertiary/aromatic N) is 2. The predicted molar refractivity (Wildman–Crippen MR) is 124 cm³/mol. The highest BCUT2D eigenvalue weighted by atomic mass is 35.5. The molecule has 2 atom stereocenters. The lowest BCUT2D eigenvalue weighted by atomic mass is 10.1. The third-order valence-corrected chi connectivity index (χ3v) is 8.83. The van der Waals surface area contributed by atoms with Crippen molar-refractivity contribution in [3.05, 3.63) is 53.1 Å². The number of ether oxygens (including phenoxy) is 1. The van der Waals surface area contributed by atoms with Crippen LogP contribution in [0.15, 0.2) is 52.3 Å². The van der Waals surface area contributed by atoms with Gasteiger partial charge in [-0.3, -0.25) is 4.79 Å². The lowest BCUT2D eigenvalue weighted by Gasteiger charge is -2.34. The molecule has 4 rings (SSSR count). The van der Waals surface area contributed by atoms with E-state index >= 15 is 0 Å². The number of anilines is 1. The summed E-state index contributed by atoms with van der Waals surface area (Å²) in [6.07, 6.45) is 0.425. The van der Waals surface area contributed by atoms with Crippen LogP contribution < -0.4 is 4.90 Å². The Hall–Kier alpha value is -1.58. The molecule has 2 heterocycles. The highest BCUT2D eigenvalue weighted by Crippen LogP contribution is 2.35. The average Bonchev–Trinajstić information content (AvgIpc) is 2.95. The van der Waals surface area contributed by atoms with Crippen LogP contribution in [0.3, 0.4) is 0 Å². The fourth-order valence-electron chi connectivity index (χ4n) is 3.99. The number of amides is 1. The number of rotatable bonds is 3. The van der Waals surface area contributed by atoms with Gasteiger partial charge < -0.3 is 9.64 Å². The second-order valence-electron chi connectivity index (χ2n) is 7.85. The molecule has 0 aromatic heterocycles. The van der Waals surface area contributed by atoms with Crippen molar-refractivity contribution in [3.63, 3.8) is 0 Å². The van der Waals surface area contributed by atoms with Gasteiger partial charge in [-0.1, -0.05) is 23.7 Å². The summed E-state index contributed by atoms with van der Waals surface area (Å²) in [4.78, 5) is 16.2. The van der Waals surface area contributed by atoms with E-state index in [4.69, 9.17) is 16.3 Å². The summed E-state index contributed by atoms with van der Waals surface area (Å²) in [7, 11) is -3.87. The predicted octanol–water partition coefficient (Wildman–Crippen LogP) is 4.28. The third-order valence-electron chi connectivity index (χ3n) is 5.37. The first-order valence-electron chi connectivity index (χ1n) is 10.3. The second-order valence-corrected chi connectivity index (χ2v) is 11.3. The van der Waals surface area contributed by atoms with E-state index in [1.54, 1.807) is 22.7 Å². The number of para-hydroxylation sites is 1. The number of hydrogen-bond donors (Lipinski definition) is 0. The lowest BCUT2D eigenvalue weighted by molar-refractivity contribution is -0.0440. The van der Waals surface area contributed by atoms with Gasteiger partial charge in [0.05, 0.1) is 22.9 Å². The summed E-state index contributed by atoms with van der Waals surface area (Å²) in [5.74, 6) is 0.695. The number of hydrogen-bond acceptors (Lipinski definition) is 5. The van der Waals surface area contributed by atoms with Crippen LogP contribution in [0.4, 0.5) is 5.69 Å². The summed E-state index contributed by atoms with van der Waals surface area (Å²) in [5, 5.41) is 0.107. The van der Waals surface area contributed by atoms with E-state index in [9.17, 15) is 13.2 Å². The molecule has 0 unspecified atom stereocenters. The van der Waals surface area contributed by atoms with Crippen LogP contribution in [0.5, 0.6) is 0 Å². The summed E-state index contributed by atoms with van der Waals surface area (Å²) in [6, 6.07) is 12.3. The molecule has 0 radical (unpaired) electrons. The number of fused-ring (bicyclic) bond motifs is 1. The van der Waals surface area contributed by atoms with Gasteiger partial charge in [-0.2, -0.15) is 4.31 Å². The minimum Gasteiger partial charge on any atom is -0.373 e. The summed E-state index contributed by atoms with van der Waals surface area (Å²) < 4.78 is 33.8. The molecule has 0 N–H and O–H groups in total. The summed E-state index contributed by atoms with van der Waals surface area (Å²) in [6.45, 7) is 4.75. The number of morpholine rings is 1. The van der Waals surface area contributed by atoms with Gasteiger partial charge in [-0.25, -0.2) is 8.42 Å². The van der Waals surface area contributed by atoms with E-state index in [-0.39, 0.29) is 41.1 Å². The maximum Gasteiger partial charge on any atom is 0.258 e. The zero-order valence-electron chi connectivity index (χ0n) is 17.5. The lowest BCUT2D eigenvalue weighted by Crippen LogP contribution is -2.48. The Morgan fingerprint density at radius 3 is 2.58 bits per heavy atom. The molecule has 1 amide bonds. The maximum atomic E-state index is 13.4. The Kier molecular flexibility index (Phi) is 6.65. The fourth-order valence-corrected chi connectivity index (χ4v) is 7.08. The largest absolute Gasteiger partial charge is 0.373 e. The molecule has 2 aromatic rings. The Morgan fingerprint density at radius 2 is 1.84 bits per heavy atom. The number of carbonyl (C=O) groups excluding carboxylic acids is 1. The molecule has 0 saturated carbocycles. The van der Waals surface area contributed by atoms with Crippen molar-refractivity contribution in [1.82, 2.24) is 4.31 Å². The van der Waals surface area contributed by atoms with Gasteiger partial charge >= 0.3 is 0 Å². The van der Waals surface area contributed by atoms with Crippen LogP contribution in [0.25, 0.3) is 0 Å². The maximum absolute atomic E-state index is 13.4. The Balaban J connectivity index is 1.69. The van der Waals surface area contributed by atoms with Crippen molar-refractivity contribution < 1.29 is 17.9 Å². The van der Waals surface area contributed by atoms with Crippen molar-refractivity contribution in [2.45, 2.75) is 42.3 Å². The molecule has 2 aliphatic rings. The smallest absolute Gasteiger partial charge is 0.258 e. The molecule has 1 saturated heterocycles.